The lowest BCUT2D eigenvalue weighted by Gasteiger charge is -2.12. The van der Waals surface area contributed by atoms with Crippen molar-refractivity contribution in [3.8, 4) is 5.69 Å². The highest BCUT2D eigenvalue weighted by molar-refractivity contribution is 5.70. The third kappa shape index (κ3) is 2.70. The van der Waals surface area contributed by atoms with E-state index in [9.17, 15) is 14.0 Å². The predicted molar refractivity (Wildman–Crippen MR) is 68.1 cm³/mol. The first-order chi connectivity index (χ1) is 8.99. The lowest BCUT2D eigenvalue weighted by atomic mass is 10.1. The number of para-hydroxylation sites is 1. The third-order valence-corrected chi connectivity index (χ3v) is 2.78. The summed E-state index contributed by atoms with van der Waals surface area (Å²) in [7, 11) is 0. The summed E-state index contributed by atoms with van der Waals surface area (Å²) in [6, 6.07) is 7.42. The number of carboxylic acids is 1. The second-order valence-electron chi connectivity index (χ2n) is 4.20. The standard InChI is InChI=1S/C14H12FNO3/c1-9-6-13(17)10(7-14(18)19)8-16(9)12-5-3-2-4-11(12)15/h2-6,8H,7H2,1H3,(H,18,19). The number of pyridine rings is 1. The van der Waals surface area contributed by atoms with Gasteiger partial charge >= 0.3 is 5.97 Å². The van der Waals surface area contributed by atoms with Gasteiger partial charge in [-0.15, -0.1) is 0 Å². The Labute approximate surface area is 108 Å². The lowest BCUT2D eigenvalue weighted by molar-refractivity contribution is -0.136. The molecule has 0 amide bonds. The van der Waals surface area contributed by atoms with Crippen molar-refractivity contribution in [2.75, 3.05) is 0 Å². The van der Waals surface area contributed by atoms with Crippen molar-refractivity contribution in [1.82, 2.24) is 4.57 Å². The van der Waals surface area contributed by atoms with Crippen LogP contribution in [0.15, 0.2) is 41.3 Å². The third-order valence-electron chi connectivity index (χ3n) is 2.78. The van der Waals surface area contributed by atoms with Crippen molar-refractivity contribution in [3.63, 3.8) is 0 Å². The molecule has 98 valence electrons. The van der Waals surface area contributed by atoms with E-state index in [0.29, 0.717) is 5.69 Å². The smallest absolute Gasteiger partial charge is 0.308 e. The number of aryl methyl sites for hydroxylation is 1. The monoisotopic (exact) mass is 261 g/mol. The molecule has 0 saturated carbocycles. The Kier molecular flexibility index (Phi) is 3.46. The maximum atomic E-state index is 13.7. The molecule has 1 N–H and O–H groups in total. The van der Waals surface area contributed by atoms with E-state index in [0.717, 1.165) is 0 Å². The van der Waals surface area contributed by atoms with Crippen LogP contribution in [0.3, 0.4) is 0 Å². The molecule has 0 bridgehead atoms. The first kappa shape index (κ1) is 13.0. The highest BCUT2D eigenvalue weighted by atomic mass is 19.1. The molecule has 2 rings (SSSR count). The van der Waals surface area contributed by atoms with E-state index in [2.05, 4.69) is 0 Å². The molecule has 0 aliphatic heterocycles. The van der Waals surface area contributed by atoms with Gasteiger partial charge < -0.3 is 9.67 Å². The van der Waals surface area contributed by atoms with Crippen molar-refractivity contribution >= 4 is 5.97 Å². The van der Waals surface area contributed by atoms with Crippen LogP contribution < -0.4 is 5.43 Å². The molecular weight excluding hydrogens is 249 g/mol. The first-order valence-corrected chi connectivity index (χ1v) is 5.68. The summed E-state index contributed by atoms with van der Waals surface area (Å²) in [5, 5.41) is 8.75. The summed E-state index contributed by atoms with van der Waals surface area (Å²) in [6.07, 6.45) is 0.998. The number of aliphatic carboxylic acids is 1. The topological polar surface area (TPSA) is 59.3 Å². The van der Waals surface area contributed by atoms with Crippen molar-refractivity contribution in [2.45, 2.75) is 13.3 Å². The van der Waals surface area contributed by atoms with Gasteiger partial charge in [0, 0.05) is 23.5 Å². The van der Waals surface area contributed by atoms with Gasteiger partial charge in [0.15, 0.2) is 5.43 Å². The fraction of sp³-hybridized carbons (Fsp3) is 0.143. The highest BCUT2D eigenvalue weighted by Gasteiger charge is 2.11. The van der Waals surface area contributed by atoms with Crippen LogP contribution in [0.1, 0.15) is 11.3 Å². The molecular formula is C14H12FNO3. The van der Waals surface area contributed by atoms with Crippen LogP contribution >= 0.6 is 0 Å². The van der Waals surface area contributed by atoms with Crippen LogP contribution in [-0.4, -0.2) is 15.6 Å². The van der Waals surface area contributed by atoms with Crippen molar-refractivity contribution in [1.29, 1.82) is 0 Å². The average molecular weight is 261 g/mol. The van der Waals surface area contributed by atoms with Crippen LogP contribution in [0.2, 0.25) is 0 Å². The SMILES string of the molecule is Cc1cc(=O)c(CC(=O)O)cn1-c1ccccc1F. The molecule has 2 aromatic rings. The largest absolute Gasteiger partial charge is 0.481 e. The summed E-state index contributed by atoms with van der Waals surface area (Å²) in [4.78, 5) is 22.4. The summed E-state index contributed by atoms with van der Waals surface area (Å²) in [5.74, 6) is -1.53. The molecule has 0 aliphatic rings. The normalized spacial score (nSPS) is 10.4. The van der Waals surface area contributed by atoms with Gasteiger partial charge in [0.1, 0.15) is 5.82 Å². The molecule has 0 unspecified atom stereocenters. The minimum absolute atomic E-state index is 0.126. The van der Waals surface area contributed by atoms with E-state index in [1.807, 2.05) is 0 Å². The van der Waals surface area contributed by atoms with Gasteiger partial charge in [-0.2, -0.15) is 0 Å². The average Bonchev–Trinajstić information content (AvgIpc) is 2.33. The van der Waals surface area contributed by atoms with E-state index in [1.165, 1.54) is 22.9 Å². The van der Waals surface area contributed by atoms with Crippen LogP contribution in [0.25, 0.3) is 5.69 Å². The van der Waals surface area contributed by atoms with Crippen molar-refractivity contribution in [2.24, 2.45) is 0 Å². The summed E-state index contributed by atoms with van der Waals surface area (Å²) >= 11 is 0. The second kappa shape index (κ2) is 5.06. The molecule has 0 atom stereocenters. The highest BCUT2D eigenvalue weighted by Crippen LogP contribution is 2.15. The zero-order valence-electron chi connectivity index (χ0n) is 10.3. The molecule has 0 saturated heterocycles. The Balaban J connectivity index is 2.61. The van der Waals surface area contributed by atoms with Crippen LogP contribution in [0.4, 0.5) is 4.39 Å². The Morgan fingerprint density at radius 2 is 2.05 bits per heavy atom. The number of benzene rings is 1. The molecule has 0 radical (unpaired) electrons. The fourth-order valence-electron chi connectivity index (χ4n) is 1.88. The maximum Gasteiger partial charge on any atom is 0.308 e. The molecule has 0 spiro atoms. The Hall–Kier alpha value is -2.43. The molecule has 1 aromatic heterocycles. The number of carboxylic acid groups (broad SMARTS) is 1. The lowest BCUT2D eigenvalue weighted by Crippen LogP contribution is -2.17. The van der Waals surface area contributed by atoms with E-state index in [-0.39, 0.29) is 23.1 Å². The molecule has 1 heterocycles. The second-order valence-corrected chi connectivity index (χ2v) is 4.20. The number of rotatable bonds is 3. The van der Waals surface area contributed by atoms with E-state index >= 15 is 0 Å². The predicted octanol–water partition coefficient (Wildman–Crippen LogP) is 1.91. The van der Waals surface area contributed by atoms with Gasteiger partial charge in [0.25, 0.3) is 0 Å². The van der Waals surface area contributed by atoms with Gasteiger partial charge in [-0.1, -0.05) is 12.1 Å². The minimum atomic E-state index is -1.10. The number of nitrogens with zero attached hydrogens (tertiary/aromatic N) is 1. The molecule has 0 fully saturated rings. The summed E-state index contributed by atoms with van der Waals surface area (Å²) in [6.45, 7) is 1.67. The van der Waals surface area contributed by atoms with Crippen molar-refractivity contribution in [3.05, 3.63) is 63.8 Å². The maximum absolute atomic E-state index is 13.7. The Morgan fingerprint density at radius 3 is 2.68 bits per heavy atom. The molecule has 1 aromatic carbocycles. The van der Waals surface area contributed by atoms with Crippen LogP contribution in [0, 0.1) is 12.7 Å². The number of hydrogen-bond donors (Lipinski definition) is 1. The molecule has 19 heavy (non-hydrogen) atoms. The van der Waals surface area contributed by atoms with Crippen LogP contribution in [-0.2, 0) is 11.2 Å². The van der Waals surface area contributed by atoms with Gasteiger partial charge in [0.05, 0.1) is 12.1 Å². The number of aromatic nitrogens is 1. The molecule has 4 nitrogen and oxygen atoms in total. The van der Waals surface area contributed by atoms with E-state index in [1.54, 1.807) is 25.1 Å². The minimum Gasteiger partial charge on any atom is -0.481 e. The molecule has 5 heteroatoms. The number of carbonyl (C=O) groups is 1. The zero-order valence-corrected chi connectivity index (χ0v) is 10.3. The van der Waals surface area contributed by atoms with Gasteiger partial charge in [-0.3, -0.25) is 9.59 Å². The summed E-state index contributed by atoms with van der Waals surface area (Å²) in [5.41, 5.74) is 0.602. The van der Waals surface area contributed by atoms with E-state index in [4.69, 9.17) is 5.11 Å². The Morgan fingerprint density at radius 1 is 1.37 bits per heavy atom. The van der Waals surface area contributed by atoms with Crippen LogP contribution in [0.5, 0.6) is 0 Å². The fourth-order valence-corrected chi connectivity index (χ4v) is 1.88. The van der Waals surface area contributed by atoms with Gasteiger partial charge in [-0.05, 0) is 19.1 Å². The van der Waals surface area contributed by atoms with Crippen molar-refractivity contribution < 1.29 is 14.3 Å². The number of hydrogen-bond acceptors (Lipinski definition) is 2. The van der Waals surface area contributed by atoms with E-state index < -0.39 is 11.8 Å². The molecule has 0 aliphatic carbocycles. The quantitative estimate of drug-likeness (QED) is 0.918. The number of halogens is 1. The summed E-state index contributed by atoms with van der Waals surface area (Å²) < 4.78 is 15.2. The first-order valence-electron chi connectivity index (χ1n) is 5.68. The Bertz CT molecular complexity index is 691. The zero-order chi connectivity index (χ0) is 14.0. The van der Waals surface area contributed by atoms with Gasteiger partial charge in [-0.25, -0.2) is 4.39 Å². The van der Waals surface area contributed by atoms with Gasteiger partial charge in [0.2, 0.25) is 0 Å².